The summed E-state index contributed by atoms with van der Waals surface area (Å²) < 4.78 is 11.2. The first-order valence-electron chi connectivity index (χ1n) is 7.27. The van der Waals surface area contributed by atoms with Crippen molar-refractivity contribution < 1.29 is 14.6 Å². The molecule has 3 heteroatoms. The largest absolute Gasteiger partial charge is 0.497 e. The van der Waals surface area contributed by atoms with E-state index in [4.69, 9.17) is 9.47 Å². The molecule has 0 aliphatic rings. The van der Waals surface area contributed by atoms with Crippen molar-refractivity contribution >= 4 is 0 Å². The third-order valence-corrected chi connectivity index (χ3v) is 3.52. The Morgan fingerprint density at radius 2 is 1.90 bits per heavy atom. The highest BCUT2D eigenvalue weighted by Gasteiger charge is 2.22. The van der Waals surface area contributed by atoms with Gasteiger partial charge in [0.15, 0.2) is 0 Å². The number of ether oxygens (including phenoxy) is 2. The molecule has 1 aromatic rings. The highest BCUT2D eigenvalue weighted by molar-refractivity contribution is 5.26. The number of benzene rings is 1. The topological polar surface area (TPSA) is 38.7 Å². The van der Waals surface area contributed by atoms with E-state index >= 15 is 0 Å². The number of aliphatic hydroxyl groups is 1. The summed E-state index contributed by atoms with van der Waals surface area (Å²) >= 11 is 0. The molecular weight excluding hydrogens is 264 g/mol. The molecule has 0 fully saturated rings. The molecular formula is C18H26O3. The SMILES string of the molecule is C=CC=CC(C)[C@H](OCc1ccc(OC)cc1)[C@@H](C)CO. The Morgan fingerprint density at radius 3 is 2.43 bits per heavy atom. The monoisotopic (exact) mass is 290 g/mol. The lowest BCUT2D eigenvalue weighted by atomic mass is 9.93. The van der Waals surface area contributed by atoms with Crippen LogP contribution in [0.2, 0.25) is 0 Å². The predicted octanol–water partition coefficient (Wildman–Crippen LogP) is 3.59. The minimum absolute atomic E-state index is 0.0340. The average Bonchev–Trinajstić information content (AvgIpc) is 2.53. The molecule has 1 aromatic carbocycles. The molecule has 3 nitrogen and oxygen atoms in total. The van der Waals surface area contributed by atoms with Crippen LogP contribution in [-0.2, 0) is 11.3 Å². The van der Waals surface area contributed by atoms with Crippen LogP contribution in [0.5, 0.6) is 5.75 Å². The molecule has 1 N–H and O–H groups in total. The standard InChI is InChI=1S/C18H26O3/c1-5-6-7-14(2)18(15(3)12-19)21-13-16-8-10-17(20-4)11-9-16/h5-11,14-15,18-19H,1,12-13H2,2-4H3/t14?,15-,18-/m0/s1. The van der Waals surface area contributed by atoms with Crippen LogP contribution in [0.15, 0.2) is 49.1 Å². The van der Waals surface area contributed by atoms with E-state index in [0.29, 0.717) is 6.61 Å². The molecule has 0 amide bonds. The van der Waals surface area contributed by atoms with Crippen molar-refractivity contribution in [2.75, 3.05) is 13.7 Å². The first-order valence-corrected chi connectivity index (χ1v) is 7.27. The maximum Gasteiger partial charge on any atom is 0.118 e. The Balaban J connectivity index is 2.67. The Morgan fingerprint density at radius 1 is 1.24 bits per heavy atom. The summed E-state index contributed by atoms with van der Waals surface area (Å²) in [5, 5.41) is 9.40. The first kappa shape index (κ1) is 17.5. The molecule has 0 heterocycles. The Kier molecular flexibility index (Phi) is 7.80. The molecule has 3 atom stereocenters. The fraction of sp³-hybridized carbons (Fsp3) is 0.444. The highest BCUT2D eigenvalue weighted by atomic mass is 16.5. The van der Waals surface area contributed by atoms with Crippen LogP contribution < -0.4 is 4.74 Å². The second kappa shape index (κ2) is 9.37. The van der Waals surface area contributed by atoms with E-state index in [1.165, 1.54) is 0 Å². The quantitative estimate of drug-likeness (QED) is 0.706. The van der Waals surface area contributed by atoms with Crippen molar-refractivity contribution in [3.63, 3.8) is 0 Å². The fourth-order valence-electron chi connectivity index (χ4n) is 2.22. The smallest absolute Gasteiger partial charge is 0.118 e. The zero-order valence-electron chi connectivity index (χ0n) is 13.2. The lowest BCUT2D eigenvalue weighted by Gasteiger charge is -2.27. The summed E-state index contributed by atoms with van der Waals surface area (Å²) in [4.78, 5) is 0. The molecule has 0 spiro atoms. The highest BCUT2D eigenvalue weighted by Crippen LogP contribution is 2.21. The van der Waals surface area contributed by atoms with E-state index in [2.05, 4.69) is 19.6 Å². The molecule has 21 heavy (non-hydrogen) atoms. The van der Waals surface area contributed by atoms with Gasteiger partial charge in [-0.15, -0.1) is 0 Å². The van der Waals surface area contributed by atoms with Gasteiger partial charge in [0.05, 0.1) is 19.8 Å². The number of hydrogen-bond acceptors (Lipinski definition) is 3. The van der Waals surface area contributed by atoms with Gasteiger partial charge in [-0.25, -0.2) is 0 Å². The molecule has 1 rings (SSSR count). The van der Waals surface area contributed by atoms with Gasteiger partial charge in [-0.05, 0) is 17.7 Å². The fourth-order valence-corrected chi connectivity index (χ4v) is 2.22. The lowest BCUT2D eigenvalue weighted by molar-refractivity contribution is -0.0308. The molecule has 0 saturated heterocycles. The minimum Gasteiger partial charge on any atom is -0.497 e. The summed E-state index contributed by atoms with van der Waals surface area (Å²) in [6.45, 7) is 8.39. The van der Waals surface area contributed by atoms with Crippen LogP contribution in [0.3, 0.4) is 0 Å². The van der Waals surface area contributed by atoms with E-state index in [-0.39, 0.29) is 24.5 Å². The number of hydrogen-bond donors (Lipinski definition) is 1. The van der Waals surface area contributed by atoms with Crippen molar-refractivity contribution in [1.29, 1.82) is 0 Å². The minimum atomic E-state index is -0.0340. The van der Waals surface area contributed by atoms with Gasteiger partial charge in [0.25, 0.3) is 0 Å². The van der Waals surface area contributed by atoms with Crippen LogP contribution >= 0.6 is 0 Å². The van der Waals surface area contributed by atoms with Crippen molar-refractivity contribution in [2.24, 2.45) is 11.8 Å². The van der Waals surface area contributed by atoms with E-state index < -0.39 is 0 Å². The van der Waals surface area contributed by atoms with E-state index in [1.54, 1.807) is 13.2 Å². The molecule has 0 aromatic heterocycles. The second-order valence-corrected chi connectivity index (χ2v) is 5.26. The van der Waals surface area contributed by atoms with E-state index in [9.17, 15) is 5.11 Å². The summed E-state index contributed by atoms with van der Waals surface area (Å²) in [5.41, 5.74) is 1.09. The first-order chi connectivity index (χ1) is 10.1. The lowest BCUT2D eigenvalue weighted by Crippen LogP contribution is -2.30. The zero-order chi connectivity index (χ0) is 15.7. The van der Waals surface area contributed by atoms with Gasteiger partial charge in [-0.3, -0.25) is 0 Å². The third kappa shape index (κ3) is 5.74. The van der Waals surface area contributed by atoms with Crippen LogP contribution in [0.25, 0.3) is 0 Å². The normalized spacial score (nSPS) is 15.6. The van der Waals surface area contributed by atoms with Gasteiger partial charge in [-0.2, -0.15) is 0 Å². The Bertz CT molecular complexity index is 436. The van der Waals surface area contributed by atoms with Crippen LogP contribution in [0, 0.1) is 11.8 Å². The summed E-state index contributed by atoms with van der Waals surface area (Å²) in [6, 6.07) is 7.82. The maximum atomic E-state index is 9.40. The molecule has 1 unspecified atom stereocenters. The number of rotatable bonds is 9. The number of aliphatic hydroxyl groups excluding tert-OH is 1. The summed E-state index contributed by atoms with van der Waals surface area (Å²) in [5.74, 6) is 1.12. The molecule has 0 saturated carbocycles. The van der Waals surface area contributed by atoms with Crippen molar-refractivity contribution in [3.8, 4) is 5.75 Å². The molecule has 116 valence electrons. The Hall–Kier alpha value is -1.58. The Labute approximate surface area is 127 Å². The van der Waals surface area contributed by atoms with Crippen LogP contribution in [-0.4, -0.2) is 24.9 Å². The van der Waals surface area contributed by atoms with Crippen LogP contribution in [0.4, 0.5) is 0 Å². The van der Waals surface area contributed by atoms with Gasteiger partial charge >= 0.3 is 0 Å². The van der Waals surface area contributed by atoms with Gasteiger partial charge in [0.1, 0.15) is 5.75 Å². The van der Waals surface area contributed by atoms with Crippen molar-refractivity contribution in [3.05, 3.63) is 54.6 Å². The van der Waals surface area contributed by atoms with Gasteiger partial charge in [0, 0.05) is 18.4 Å². The molecule has 0 aliphatic carbocycles. The number of methoxy groups -OCH3 is 1. The van der Waals surface area contributed by atoms with Crippen molar-refractivity contribution in [2.45, 2.75) is 26.6 Å². The summed E-state index contributed by atoms with van der Waals surface area (Å²) in [6.07, 6.45) is 5.69. The van der Waals surface area contributed by atoms with E-state index in [1.807, 2.05) is 37.3 Å². The average molecular weight is 290 g/mol. The maximum absolute atomic E-state index is 9.40. The van der Waals surface area contributed by atoms with Gasteiger partial charge in [0.2, 0.25) is 0 Å². The second-order valence-electron chi connectivity index (χ2n) is 5.26. The predicted molar refractivity (Wildman–Crippen MR) is 86.3 cm³/mol. The molecule has 0 bridgehead atoms. The van der Waals surface area contributed by atoms with E-state index in [0.717, 1.165) is 11.3 Å². The van der Waals surface area contributed by atoms with Gasteiger partial charge < -0.3 is 14.6 Å². The van der Waals surface area contributed by atoms with Crippen LogP contribution in [0.1, 0.15) is 19.4 Å². The van der Waals surface area contributed by atoms with Crippen molar-refractivity contribution in [1.82, 2.24) is 0 Å². The number of allylic oxidation sites excluding steroid dienone is 2. The zero-order valence-corrected chi connectivity index (χ0v) is 13.2. The van der Waals surface area contributed by atoms with Gasteiger partial charge in [-0.1, -0.05) is 50.8 Å². The third-order valence-electron chi connectivity index (χ3n) is 3.52. The summed E-state index contributed by atoms with van der Waals surface area (Å²) in [7, 11) is 1.65. The molecule has 0 aliphatic heterocycles. The molecule has 0 radical (unpaired) electrons.